The number of sulfonamides is 1. The Hall–Kier alpha value is -2.26. The Morgan fingerprint density at radius 2 is 1.86 bits per heavy atom. The number of carbonyl (C=O) groups is 1. The summed E-state index contributed by atoms with van der Waals surface area (Å²) in [5, 5.41) is 4.04. The van der Waals surface area contributed by atoms with Gasteiger partial charge in [0, 0.05) is 6.54 Å². The Balaban J connectivity index is 1.72. The van der Waals surface area contributed by atoms with E-state index in [-0.39, 0.29) is 27.9 Å². The minimum absolute atomic E-state index is 0.0620. The lowest BCUT2D eigenvalue weighted by Crippen LogP contribution is -2.50. The molecule has 0 saturated heterocycles. The molecule has 1 N–H and O–H groups in total. The molecule has 2 heterocycles. The number of nitrogens with one attached hydrogen (secondary N) is 1. The van der Waals surface area contributed by atoms with Crippen molar-refractivity contribution in [3.63, 3.8) is 0 Å². The summed E-state index contributed by atoms with van der Waals surface area (Å²) in [6.07, 6.45) is 0.189. The summed E-state index contributed by atoms with van der Waals surface area (Å²) < 4.78 is 42.0. The molecule has 9 heteroatoms. The van der Waals surface area contributed by atoms with E-state index in [2.05, 4.69) is 5.32 Å². The molecule has 5 nitrogen and oxygen atoms in total. The van der Waals surface area contributed by atoms with Gasteiger partial charge in [0.25, 0.3) is 10.0 Å². The number of nitrogens with zero attached hydrogens (tertiary/aromatic N) is 1. The molecule has 1 unspecified atom stereocenters. The third-order valence-corrected chi connectivity index (χ3v) is 8.30. The molecule has 29 heavy (non-hydrogen) atoms. The Labute approximate surface area is 176 Å². The predicted octanol–water partition coefficient (Wildman–Crippen LogP) is 4.29. The van der Waals surface area contributed by atoms with E-state index in [4.69, 9.17) is 11.6 Å². The zero-order chi connectivity index (χ0) is 20.6. The highest BCUT2D eigenvalue weighted by atomic mass is 35.5. The van der Waals surface area contributed by atoms with E-state index in [9.17, 15) is 17.6 Å². The normalized spacial score (nSPS) is 17.0. The molecule has 3 aromatic rings. The summed E-state index contributed by atoms with van der Waals surface area (Å²) in [4.78, 5) is 13.0. The molecule has 1 amide bonds. The highest BCUT2D eigenvalue weighted by Crippen LogP contribution is 2.32. The summed E-state index contributed by atoms with van der Waals surface area (Å²) in [6, 6.07) is 13.8. The van der Waals surface area contributed by atoms with Crippen molar-refractivity contribution in [3.8, 4) is 0 Å². The van der Waals surface area contributed by atoms with Crippen LogP contribution in [0.5, 0.6) is 0 Å². The summed E-state index contributed by atoms with van der Waals surface area (Å²) in [5.41, 5.74) is 1.64. The molecule has 0 saturated carbocycles. The molecule has 1 atom stereocenters. The van der Waals surface area contributed by atoms with Crippen LogP contribution < -0.4 is 5.32 Å². The average Bonchev–Trinajstić information content (AvgIpc) is 3.26. The SMILES string of the molecule is O=C(Nc1cccc(Cl)c1F)C1Cc2ccccc2CN1S(=O)(=O)c1cccs1. The number of hydrogen-bond acceptors (Lipinski definition) is 4. The number of fused-ring (bicyclic) bond motifs is 1. The Kier molecular flexibility index (Phi) is 5.44. The van der Waals surface area contributed by atoms with Gasteiger partial charge in [-0.15, -0.1) is 11.3 Å². The van der Waals surface area contributed by atoms with E-state index in [1.807, 2.05) is 24.3 Å². The molecule has 0 radical (unpaired) electrons. The smallest absolute Gasteiger partial charge is 0.253 e. The minimum Gasteiger partial charge on any atom is -0.322 e. The number of amides is 1. The van der Waals surface area contributed by atoms with Gasteiger partial charge in [-0.3, -0.25) is 4.79 Å². The lowest BCUT2D eigenvalue weighted by atomic mass is 9.95. The fraction of sp³-hybridized carbons (Fsp3) is 0.150. The molecule has 2 aromatic carbocycles. The van der Waals surface area contributed by atoms with Crippen molar-refractivity contribution >= 4 is 44.6 Å². The number of rotatable bonds is 4. The van der Waals surface area contributed by atoms with Gasteiger partial charge in [-0.1, -0.05) is 48.0 Å². The van der Waals surface area contributed by atoms with E-state index in [1.165, 1.54) is 28.6 Å². The first-order chi connectivity index (χ1) is 13.9. The Morgan fingerprint density at radius 3 is 2.59 bits per heavy atom. The fourth-order valence-corrected chi connectivity index (χ4v) is 6.18. The molecule has 4 rings (SSSR count). The van der Waals surface area contributed by atoms with Gasteiger partial charge in [-0.25, -0.2) is 12.8 Å². The third-order valence-electron chi connectivity index (χ3n) is 4.78. The Morgan fingerprint density at radius 1 is 1.10 bits per heavy atom. The van der Waals surface area contributed by atoms with Crippen LogP contribution in [0.4, 0.5) is 10.1 Å². The van der Waals surface area contributed by atoms with E-state index in [0.717, 1.165) is 22.5 Å². The molecular formula is C20H16ClFN2O3S2. The van der Waals surface area contributed by atoms with Crippen molar-refractivity contribution in [2.45, 2.75) is 23.2 Å². The van der Waals surface area contributed by atoms with Gasteiger partial charge in [0.2, 0.25) is 5.91 Å². The van der Waals surface area contributed by atoms with Crippen LogP contribution in [-0.4, -0.2) is 24.7 Å². The Bertz CT molecular complexity index is 1170. The van der Waals surface area contributed by atoms with Crippen LogP contribution in [0, 0.1) is 5.82 Å². The van der Waals surface area contributed by atoms with Crippen molar-refractivity contribution < 1.29 is 17.6 Å². The van der Waals surface area contributed by atoms with E-state index >= 15 is 0 Å². The standard InChI is InChI=1S/C20H16ClFN2O3S2/c21-15-7-3-8-16(19(15)22)23-20(25)17-11-13-5-1-2-6-14(13)12-24(17)29(26,27)18-9-4-10-28-18/h1-10,17H,11-12H2,(H,23,25). The summed E-state index contributed by atoms with van der Waals surface area (Å²) >= 11 is 6.88. The van der Waals surface area contributed by atoms with Crippen molar-refractivity contribution in [1.82, 2.24) is 4.31 Å². The van der Waals surface area contributed by atoms with Gasteiger partial charge in [-0.05, 0) is 41.1 Å². The number of thiophene rings is 1. The van der Waals surface area contributed by atoms with Crippen LogP contribution in [0.25, 0.3) is 0 Å². The molecule has 0 fully saturated rings. The second-order valence-electron chi connectivity index (χ2n) is 6.56. The second kappa shape index (κ2) is 7.87. The minimum atomic E-state index is -3.89. The molecule has 1 aromatic heterocycles. The van der Waals surface area contributed by atoms with Gasteiger partial charge in [0.1, 0.15) is 10.3 Å². The molecule has 150 valence electrons. The molecule has 0 aliphatic carbocycles. The van der Waals surface area contributed by atoms with Crippen LogP contribution in [0.1, 0.15) is 11.1 Å². The predicted molar refractivity (Wildman–Crippen MR) is 111 cm³/mol. The topological polar surface area (TPSA) is 66.5 Å². The fourth-order valence-electron chi connectivity index (χ4n) is 3.32. The van der Waals surface area contributed by atoms with E-state index < -0.39 is 27.8 Å². The maximum absolute atomic E-state index is 14.2. The van der Waals surface area contributed by atoms with Crippen LogP contribution in [0.2, 0.25) is 5.02 Å². The molecule has 0 spiro atoms. The number of anilines is 1. The van der Waals surface area contributed by atoms with Crippen molar-refractivity contribution in [2.75, 3.05) is 5.32 Å². The van der Waals surface area contributed by atoms with E-state index in [0.29, 0.717) is 0 Å². The van der Waals surface area contributed by atoms with Gasteiger partial charge < -0.3 is 5.32 Å². The second-order valence-corrected chi connectivity index (χ2v) is 10.0. The first kappa shape index (κ1) is 20.0. The maximum Gasteiger partial charge on any atom is 0.253 e. The van der Waals surface area contributed by atoms with Gasteiger partial charge in [0.15, 0.2) is 5.82 Å². The van der Waals surface area contributed by atoms with Crippen molar-refractivity contribution in [1.29, 1.82) is 0 Å². The van der Waals surface area contributed by atoms with Crippen LogP contribution in [-0.2, 0) is 27.8 Å². The number of hydrogen-bond donors (Lipinski definition) is 1. The van der Waals surface area contributed by atoms with Crippen LogP contribution in [0.15, 0.2) is 64.2 Å². The number of benzene rings is 2. The van der Waals surface area contributed by atoms with Crippen LogP contribution in [0.3, 0.4) is 0 Å². The zero-order valence-corrected chi connectivity index (χ0v) is 17.4. The van der Waals surface area contributed by atoms with Crippen molar-refractivity contribution in [2.24, 2.45) is 0 Å². The quantitative estimate of drug-likeness (QED) is 0.644. The van der Waals surface area contributed by atoms with E-state index in [1.54, 1.807) is 11.4 Å². The maximum atomic E-state index is 14.2. The summed E-state index contributed by atoms with van der Waals surface area (Å²) in [5.74, 6) is -1.37. The largest absolute Gasteiger partial charge is 0.322 e. The lowest BCUT2D eigenvalue weighted by molar-refractivity contribution is -0.120. The van der Waals surface area contributed by atoms with Gasteiger partial charge in [0.05, 0.1) is 10.7 Å². The molecular weight excluding hydrogens is 435 g/mol. The number of halogens is 2. The van der Waals surface area contributed by atoms with Gasteiger partial charge in [-0.2, -0.15) is 4.31 Å². The third kappa shape index (κ3) is 3.81. The first-order valence-electron chi connectivity index (χ1n) is 8.75. The summed E-state index contributed by atoms with van der Waals surface area (Å²) in [6.45, 7) is 0.0620. The molecule has 1 aliphatic heterocycles. The first-order valence-corrected chi connectivity index (χ1v) is 11.4. The average molecular weight is 451 g/mol. The zero-order valence-electron chi connectivity index (χ0n) is 15.0. The molecule has 1 aliphatic rings. The lowest BCUT2D eigenvalue weighted by Gasteiger charge is -2.34. The van der Waals surface area contributed by atoms with Crippen molar-refractivity contribution in [3.05, 3.63) is 81.9 Å². The summed E-state index contributed by atoms with van der Waals surface area (Å²) in [7, 11) is -3.89. The number of carbonyl (C=O) groups excluding carboxylic acids is 1. The van der Waals surface area contributed by atoms with Gasteiger partial charge >= 0.3 is 0 Å². The highest BCUT2D eigenvalue weighted by molar-refractivity contribution is 7.91. The monoisotopic (exact) mass is 450 g/mol. The van der Waals surface area contributed by atoms with Crippen LogP contribution >= 0.6 is 22.9 Å². The molecule has 0 bridgehead atoms. The highest BCUT2D eigenvalue weighted by Gasteiger charge is 2.40.